The summed E-state index contributed by atoms with van der Waals surface area (Å²) in [6.45, 7) is 3.76. The van der Waals surface area contributed by atoms with Gasteiger partial charge >= 0.3 is 0 Å². The molecule has 3 N–H and O–H groups in total. The normalized spacial score (nSPS) is 15.6. The van der Waals surface area contributed by atoms with Crippen molar-refractivity contribution in [2.24, 2.45) is 5.92 Å². The lowest BCUT2D eigenvalue weighted by Crippen LogP contribution is -2.39. The molecule has 2 aromatic carbocycles. The van der Waals surface area contributed by atoms with Crippen LogP contribution in [-0.2, 0) is 10.0 Å². The first kappa shape index (κ1) is 21.3. The molecule has 0 unspecified atom stereocenters. The molecule has 0 aliphatic carbocycles. The van der Waals surface area contributed by atoms with E-state index in [1.807, 2.05) is 43.5 Å². The number of anilines is 1. The second-order valence-corrected chi connectivity index (χ2v) is 9.91. The van der Waals surface area contributed by atoms with Gasteiger partial charge in [-0.3, -0.25) is 5.10 Å². The lowest BCUT2D eigenvalue weighted by atomic mass is 9.97. The van der Waals surface area contributed by atoms with Gasteiger partial charge in [-0.05, 0) is 55.5 Å². The summed E-state index contributed by atoms with van der Waals surface area (Å²) in [5.41, 5.74) is 4.77. The number of aryl methyl sites for hydroxylation is 1. The Hall–Kier alpha value is -2.97. The molecule has 8 heteroatoms. The Kier molecular flexibility index (Phi) is 6.20. The van der Waals surface area contributed by atoms with Crippen LogP contribution in [0.3, 0.4) is 0 Å². The number of aromatic amines is 1. The molecule has 0 atom stereocenters. The highest BCUT2D eigenvalue weighted by Gasteiger charge is 2.29. The van der Waals surface area contributed by atoms with Crippen molar-refractivity contribution in [3.05, 3.63) is 66.0 Å². The summed E-state index contributed by atoms with van der Waals surface area (Å²) in [5.74, 6) is 0.386. The van der Waals surface area contributed by atoms with Gasteiger partial charge in [0.2, 0.25) is 10.0 Å². The molecule has 1 aliphatic rings. The smallest absolute Gasteiger partial charge is 0.243 e. The van der Waals surface area contributed by atoms with Gasteiger partial charge < -0.3 is 10.7 Å². The standard InChI is InChI=1S/C23H27N5O2S/c1-17-2-5-22(6-3-17)31(29,30)28-10-8-18(9-11-28)14-25-23-7-4-19(12-20(23)13-24)21-15-26-27-16-21/h2-7,12-13,15-16,18,24-25H,8-11,14H2,1H3,(H,26,27). The molecule has 0 amide bonds. The minimum atomic E-state index is -3.43. The second-order valence-electron chi connectivity index (χ2n) is 7.97. The summed E-state index contributed by atoms with van der Waals surface area (Å²) in [7, 11) is -3.43. The maximum absolute atomic E-state index is 12.9. The topological polar surface area (TPSA) is 102 Å². The van der Waals surface area contributed by atoms with E-state index in [1.165, 1.54) is 6.21 Å². The van der Waals surface area contributed by atoms with Crippen LogP contribution >= 0.6 is 0 Å². The van der Waals surface area contributed by atoms with Gasteiger partial charge in [0, 0.05) is 48.9 Å². The van der Waals surface area contributed by atoms with E-state index >= 15 is 0 Å². The average molecular weight is 438 g/mol. The number of hydrogen-bond donors (Lipinski definition) is 3. The summed E-state index contributed by atoms with van der Waals surface area (Å²) < 4.78 is 27.3. The largest absolute Gasteiger partial charge is 0.384 e. The Morgan fingerprint density at radius 2 is 1.90 bits per heavy atom. The number of sulfonamides is 1. The van der Waals surface area contributed by atoms with Crippen LogP contribution in [0, 0.1) is 18.3 Å². The molecule has 4 rings (SSSR count). The van der Waals surface area contributed by atoms with Gasteiger partial charge in [0.15, 0.2) is 0 Å². The van der Waals surface area contributed by atoms with E-state index in [0.29, 0.717) is 23.9 Å². The predicted molar refractivity (Wildman–Crippen MR) is 123 cm³/mol. The molecular formula is C23H27N5O2S. The van der Waals surface area contributed by atoms with Gasteiger partial charge in [-0.15, -0.1) is 0 Å². The summed E-state index contributed by atoms with van der Waals surface area (Å²) in [6, 6.07) is 13.0. The van der Waals surface area contributed by atoms with Crippen molar-refractivity contribution in [3.8, 4) is 11.1 Å². The summed E-state index contributed by atoms with van der Waals surface area (Å²) >= 11 is 0. The van der Waals surface area contributed by atoms with E-state index in [1.54, 1.807) is 22.6 Å². The number of piperidine rings is 1. The van der Waals surface area contributed by atoms with Gasteiger partial charge in [0.25, 0.3) is 0 Å². The van der Waals surface area contributed by atoms with E-state index in [-0.39, 0.29) is 0 Å². The molecule has 1 fully saturated rings. The third-order valence-corrected chi connectivity index (χ3v) is 7.76. The minimum Gasteiger partial charge on any atom is -0.384 e. The van der Waals surface area contributed by atoms with Crippen molar-refractivity contribution in [1.29, 1.82) is 5.41 Å². The van der Waals surface area contributed by atoms with Gasteiger partial charge in [-0.1, -0.05) is 23.8 Å². The third-order valence-electron chi connectivity index (χ3n) is 5.85. The molecule has 0 spiro atoms. The fourth-order valence-electron chi connectivity index (χ4n) is 3.90. The molecule has 0 radical (unpaired) electrons. The molecule has 162 valence electrons. The number of nitrogens with one attached hydrogen (secondary N) is 3. The molecule has 31 heavy (non-hydrogen) atoms. The van der Waals surface area contributed by atoms with Crippen LogP contribution < -0.4 is 5.32 Å². The van der Waals surface area contributed by atoms with Crippen molar-refractivity contribution >= 4 is 21.9 Å². The van der Waals surface area contributed by atoms with E-state index in [4.69, 9.17) is 5.41 Å². The van der Waals surface area contributed by atoms with Gasteiger partial charge in [0.05, 0.1) is 11.1 Å². The monoisotopic (exact) mass is 437 g/mol. The highest BCUT2D eigenvalue weighted by molar-refractivity contribution is 7.89. The fraction of sp³-hybridized carbons (Fsp3) is 0.304. The van der Waals surface area contributed by atoms with Crippen molar-refractivity contribution in [1.82, 2.24) is 14.5 Å². The zero-order valence-corrected chi connectivity index (χ0v) is 18.3. The number of hydrogen-bond acceptors (Lipinski definition) is 5. The number of aromatic nitrogens is 2. The van der Waals surface area contributed by atoms with Crippen LogP contribution in [0.15, 0.2) is 59.8 Å². The number of H-pyrrole nitrogens is 1. The molecule has 2 heterocycles. The van der Waals surface area contributed by atoms with E-state index < -0.39 is 10.0 Å². The molecule has 3 aromatic rings. The van der Waals surface area contributed by atoms with Gasteiger partial charge in [0.1, 0.15) is 0 Å². The van der Waals surface area contributed by atoms with Gasteiger partial charge in [-0.2, -0.15) is 9.40 Å². The SMILES string of the molecule is Cc1ccc(S(=O)(=O)N2CCC(CNc3ccc(-c4cn[nH]c4)cc3C=N)CC2)cc1. The third kappa shape index (κ3) is 4.70. The summed E-state index contributed by atoms with van der Waals surface area (Å²) in [4.78, 5) is 0.364. The first-order chi connectivity index (χ1) is 15.0. The first-order valence-corrected chi connectivity index (χ1v) is 11.9. The molecule has 1 aliphatic heterocycles. The maximum atomic E-state index is 12.9. The van der Waals surface area contributed by atoms with Gasteiger partial charge in [-0.25, -0.2) is 8.42 Å². The van der Waals surface area contributed by atoms with Crippen LogP contribution in [0.25, 0.3) is 11.1 Å². The van der Waals surface area contributed by atoms with Crippen LogP contribution in [-0.4, -0.2) is 48.8 Å². The Morgan fingerprint density at radius 1 is 1.16 bits per heavy atom. The number of nitrogens with zero attached hydrogens (tertiary/aromatic N) is 2. The number of benzene rings is 2. The van der Waals surface area contributed by atoms with Crippen molar-refractivity contribution in [2.75, 3.05) is 25.0 Å². The Labute approximate surface area is 183 Å². The predicted octanol–water partition coefficient (Wildman–Crippen LogP) is 3.90. The molecule has 0 saturated carbocycles. The van der Waals surface area contributed by atoms with Crippen LogP contribution in [0.1, 0.15) is 24.0 Å². The molecular weight excluding hydrogens is 410 g/mol. The van der Waals surface area contributed by atoms with Crippen LogP contribution in [0.2, 0.25) is 0 Å². The average Bonchev–Trinajstić information content (AvgIpc) is 3.33. The Balaban J connectivity index is 1.35. The highest BCUT2D eigenvalue weighted by atomic mass is 32.2. The lowest BCUT2D eigenvalue weighted by molar-refractivity contribution is 0.282. The summed E-state index contributed by atoms with van der Waals surface area (Å²) in [5, 5.41) is 18.0. The zero-order valence-electron chi connectivity index (χ0n) is 17.5. The van der Waals surface area contributed by atoms with E-state index in [9.17, 15) is 8.42 Å². The minimum absolute atomic E-state index is 0.364. The summed E-state index contributed by atoms with van der Waals surface area (Å²) in [6.07, 6.45) is 6.56. The molecule has 0 bridgehead atoms. The van der Waals surface area contributed by atoms with Crippen LogP contribution in [0.4, 0.5) is 5.69 Å². The fourth-order valence-corrected chi connectivity index (χ4v) is 5.37. The van der Waals surface area contributed by atoms with Crippen molar-refractivity contribution in [3.63, 3.8) is 0 Å². The first-order valence-electron chi connectivity index (χ1n) is 10.4. The zero-order chi connectivity index (χ0) is 21.8. The van der Waals surface area contributed by atoms with E-state index in [2.05, 4.69) is 15.5 Å². The molecule has 1 saturated heterocycles. The quantitative estimate of drug-likeness (QED) is 0.488. The highest BCUT2D eigenvalue weighted by Crippen LogP contribution is 2.27. The van der Waals surface area contributed by atoms with Crippen LogP contribution in [0.5, 0.6) is 0 Å². The van der Waals surface area contributed by atoms with Crippen molar-refractivity contribution < 1.29 is 8.42 Å². The second kappa shape index (κ2) is 9.03. The Morgan fingerprint density at radius 3 is 2.55 bits per heavy atom. The molecule has 7 nitrogen and oxygen atoms in total. The maximum Gasteiger partial charge on any atom is 0.243 e. The van der Waals surface area contributed by atoms with Crippen molar-refractivity contribution in [2.45, 2.75) is 24.7 Å². The number of rotatable bonds is 7. The van der Waals surface area contributed by atoms with E-state index in [0.717, 1.165) is 47.3 Å². The molecule has 1 aromatic heterocycles. The Bertz CT molecular complexity index is 1130. The lowest BCUT2D eigenvalue weighted by Gasteiger charge is -2.31.